The molecule has 20 heavy (non-hydrogen) atoms. The van der Waals surface area contributed by atoms with Crippen LogP contribution in [0.25, 0.3) is 0 Å². The van der Waals surface area contributed by atoms with Gasteiger partial charge < -0.3 is 26.0 Å². The van der Waals surface area contributed by atoms with Crippen molar-refractivity contribution in [2.75, 3.05) is 32.8 Å². The average Bonchev–Trinajstić information content (AvgIpc) is 2.46. The minimum atomic E-state index is -0.537. The van der Waals surface area contributed by atoms with E-state index in [1.54, 1.807) is 0 Å². The molecule has 0 aliphatic carbocycles. The van der Waals surface area contributed by atoms with Gasteiger partial charge >= 0.3 is 6.03 Å². The van der Waals surface area contributed by atoms with Crippen LogP contribution in [-0.4, -0.2) is 61.8 Å². The second-order valence-electron chi connectivity index (χ2n) is 5.41. The van der Waals surface area contributed by atoms with Crippen LogP contribution in [0.15, 0.2) is 0 Å². The normalized spacial score (nSPS) is 27.1. The molecule has 0 aromatic carbocycles. The number of morpholine rings is 1. The third-order valence-corrected chi connectivity index (χ3v) is 3.88. The van der Waals surface area contributed by atoms with Crippen molar-refractivity contribution in [2.45, 2.75) is 37.8 Å². The summed E-state index contributed by atoms with van der Waals surface area (Å²) in [5.41, 5.74) is 5.10. The van der Waals surface area contributed by atoms with Gasteiger partial charge in [-0.1, -0.05) is 0 Å². The molecule has 2 aliphatic heterocycles. The van der Waals surface area contributed by atoms with E-state index in [9.17, 15) is 9.59 Å². The summed E-state index contributed by atoms with van der Waals surface area (Å²) in [5, 5.41) is 5.90. The van der Waals surface area contributed by atoms with Crippen molar-refractivity contribution in [3.8, 4) is 0 Å². The lowest BCUT2D eigenvalue weighted by atomic mass is 10.0. The van der Waals surface area contributed by atoms with E-state index in [-0.39, 0.29) is 18.0 Å². The van der Waals surface area contributed by atoms with Crippen molar-refractivity contribution in [1.82, 2.24) is 15.5 Å². The van der Waals surface area contributed by atoms with Gasteiger partial charge in [0.05, 0.1) is 13.2 Å². The van der Waals surface area contributed by atoms with Crippen molar-refractivity contribution < 1.29 is 14.3 Å². The highest BCUT2D eigenvalue weighted by molar-refractivity contribution is 5.77. The average molecular weight is 284 g/mol. The Labute approximate surface area is 119 Å². The Morgan fingerprint density at radius 2 is 2.25 bits per heavy atom. The van der Waals surface area contributed by atoms with E-state index in [0.29, 0.717) is 26.2 Å². The van der Waals surface area contributed by atoms with Crippen LogP contribution in [0.4, 0.5) is 4.79 Å². The molecule has 2 rings (SSSR count). The number of amides is 3. The lowest BCUT2D eigenvalue weighted by molar-refractivity contribution is -0.136. The molecule has 2 fully saturated rings. The molecular formula is C13H24N4O3. The van der Waals surface area contributed by atoms with Crippen LogP contribution in [0.1, 0.15) is 25.7 Å². The van der Waals surface area contributed by atoms with E-state index in [0.717, 1.165) is 32.4 Å². The van der Waals surface area contributed by atoms with Crippen LogP contribution < -0.4 is 16.4 Å². The quantitative estimate of drug-likeness (QED) is 0.643. The summed E-state index contributed by atoms with van der Waals surface area (Å²) in [4.78, 5) is 25.1. The number of carbonyl (C=O) groups excluding carboxylic acids is 2. The molecule has 7 heteroatoms. The fraction of sp³-hybridized carbons (Fsp3) is 0.846. The van der Waals surface area contributed by atoms with Crippen LogP contribution in [-0.2, 0) is 9.53 Å². The largest absolute Gasteiger partial charge is 0.378 e. The maximum absolute atomic E-state index is 12.4. The highest BCUT2D eigenvalue weighted by atomic mass is 16.5. The number of piperidine rings is 1. The van der Waals surface area contributed by atoms with Gasteiger partial charge in [-0.25, -0.2) is 4.79 Å². The van der Waals surface area contributed by atoms with Crippen molar-refractivity contribution in [2.24, 2.45) is 5.73 Å². The Bertz CT molecular complexity index is 345. The lowest BCUT2D eigenvalue weighted by Gasteiger charge is -2.37. The number of rotatable bonds is 4. The summed E-state index contributed by atoms with van der Waals surface area (Å²) < 4.78 is 5.37. The minimum Gasteiger partial charge on any atom is -0.378 e. The van der Waals surface area contributed by atoms with Gasteiger partial charge in [0.2, 0.25) is 5.91 Å². The number of ether oxygens (including phenoxy) is 1. The topological polar surface area (TPSA) is 96.7 Å². The third-order valence-electron chi connectivity index (χ3n) is 3.88. The number of likely N-dealkylation sites (tertiary alicyclic amines) is 1. The Morgan fingerprint density at radius 1 is 1.40 bits per heavy atom. The fourth-order valence-electron chi connectivity index (χ4n) is 2.84. The highest BCUT2D eigenvalue weighted by Crippen LogP contribution is 2.18. The predicted molar refractivity (Wildman–Crippen MR) is 74.2 cm³/mol. The molecule has 0 saturated carbocycles. The standard InChI is InChI=1S/C13H24N4O3/c14-13(19)16-8-11-3-1-2-5-17(11)12(18)7-10-9-20-6-4-15-10/h10-11,15H,1-9H2,(H3,14,16,19). The lowest BCUT2D eigenvalue weighted by Crippen LogP contribution is -2.52. The maximum atomic E-state index is 12.4. The molecule has 7 nitrogen and oxygen atoms in total. The molecular weight excluding hydrogens is 260 g/mol. The first-order chi connectivity index (χ1) is 9.66. The number of hydrogen-bond acceptors (Lipinski definition) is 4. The van der Waals surface area contributed by atoms with Gasteiger partial charge in [0.15, 0.2) is 0 Å². The van der Waals surface area contributed by atoms with E-state index >= 15 is 0 Å². The molecule has 0 aromatic rings. The molecule has 2 saturated heterocycles. The smallest absolute Gasteiger partial charge is 0.312 e. The van der Waals surface area contributed by atoms with Crippen molar-refractivity contribution in [3.63, 3.8) is 0 Å². The van der Waals surface area contributed by atoms with Crippen LogP contribution in [0.5, 0.6) is 0 Å². The molecule has 0 spiro atoms. The Morgan fingerprint density at radius 3 is 2.95 bits per heavy atom. The molecule has 2 unspecified atom stereocenters. The zero-order valence-corrected chi connectivity index (χ0v) is 11.8. The summed E-state index contributed by atoms with van der Waals surface area (Å²) in [6.07, 6.45) is 3.47. The highest BCUT2D eigenvalue weighted by Gasteiger charge is 2.28. The third kappa shape index (κ3) is 4.35. The predicted octanol–water partition coefficient (Wildman–Crippen LogP) is -0.586. The van der Waals surface area contributed by atoms with E-state index in [1.807, 2.05) is 4.90 Å². The number of nitrogens with one attached hydrogen (secondary N) is 2. The summed E-state index contributed by atoms with van der Waals surface area (Å²) >= 11 is 0. The molecule has 3 amide bonds. The summed E-state index contributed by atoms with van der Waals surface area (Å²) in [5.74, 6) is 0.129. The molecule has 2 heterocycles. The van der Waals surface area contributed by atoms with Gasteiger partial charge in [0.1, 0.15) is 0 Å². The Hall–Kier alpha value is -1.34. The van der Waals surface area contributed by atoms with Gasteiger partial charge in [-0.05, 0) is 19.3 Å². The molecule has 0 radical (unpaired) electrons. The molecule has 114 valence electrons. The van der Waals surface area contributed by atoms with Crippen LogP contribution in [0.2, 0.25) is 0 Å². The number of hydrogen-bond donors (Lipinski definition) is 3. The van der Waals surface area contributed by atoms with Crippen LogP contribution in [0, 0.1) is 0 Å². The summed E-state index contributed by atoms with van der Waals surface area (Å²) in [7, 11) is 0. The SMILES string of the molecule is NC(=O)NCC1CCCCN1C(=O)CC1COCCN1. The second-order valence-corrected chi connectivity index (χ2v) is 5.41. The minimum absolute atomic E-state index is 0.0632. The number of nitrogens with zero attached hydrogens (tertiary/aromatic N) is 1. The van der Waals surface area contributed by atoms with Crippen LogP contribution in [0.3, 0.4) is 0 Å². The number of primary amides is 1. The molecule has 4 N–H and O–H groups in total. The van der Waals surface area contributed by atoms with Crippen molar-refractivity contribution in [1.29, 1.82) is 0 Å². The Kier molecular flexibility index (Phi) is 5.60. The van der Waals surface area contributed by atoms with E-state index in [4.69, 9.17) is 10.5 Å². The van der Waals surface area contributed by atoms with E-state index < -0.39 is 6.03 Å². The monoisotopic (exact) mass is 284 g/mol. The van der Waals surface area contributed by atoms with Crippen molar-refractivity contribution in [3.05, 3.63) is 0 Å². The number of carbonyl (C=O) groups is 2. The number of nitrogens with two attached hydrogens (primary N) is 1. The van der Waals surface area contributed by atoms with Gasteiger partial charge in [-0.2, -0.15) is 0 Å². The second kappa shape index (κ2) is 7.44. The molecule has 0 aromatic heterocycles. The number of urea groups is 1. The molecule has 2 atom stereocenters. The van der Waals surface area contributed by atoms with E-state index in [2.05, 4.69) is 10.6 Å². The van der Waals surface area contributed by atoms with Gasteiger partial charge in [-0.15, -0.1) is 0 Å². The first-order valence-electron chi connectivity index (χ1n) is 7.30. The molecule has 2 aliphatic rings. The first-order valence-corrected chi connectivity index (χ1v) is 7.30. The first kappa shape index (κ1) is 15.1. The van der Waals surface area contributed by atoms with E-state index in [1.165, 1.54) is 0 Å². The van der Waals surface area contributed by atoms with Gasteiger partial charge in [-0.3, -0.25) is 4.79 Å². The van der Waals surface area contributed by atoms with Gasteiger partial charge in [0.25, 0.3) is 0 Å². The van der Waals surface area contributed by atoms with Gasteiger partial charge in [0, 0.05) is 38.1 Å². The zero-order chi connectivity index (χ0) is 14.4. The zero-order valence-electron chi connectivity index (χ0n) is 11.8. The van der Waals surface area contributed by atoms with Crippen LogP contribution >= 0.6 is 0 Å². The Balaban J connectivity index is 1.85. The van der Waals surface area contributed by atoms with Crippen molar-refractivity contribution >= 4 is 11.9 Å². The molecule has 0 bridgehead atoms. The summed E-state index contributed by atoms with van der Waals surface area (Å²) in [6.45, 7) is 3.29. The summed E-state index contributed by atoms with van der Waals surface area (Å²) in [6, 6.07) is -0.374. The maximum Gasteiger partial charge on any atom is 0.312 e. The fourth-order valence-corrected chi connectivity index (χ4v) is 2.84.